The van der Waals surface area contributed by atoms with E-state index < -0.39 is 0 Å². The zero-order valence-corrected chi connectivity index (χ0v) is 12.6. The lowest BCUT2D eigenvalue weighted by Gasteiger charge is -2.04. The number of aromatic nitrogens is 3. The average molecular weight is 310 g/mol. The van der Waals surface area contributed by atoms with Gasteiger partial charge in [0.05, 0.1) is 26.1 Å². The summed E-state index contributed by atoms with van der Waals surface area (Å²) in [6.45, 7) is 3.89. The molecule has 6 heteroatoms. The average Bonchev–Trinajstić information content (AvgIpc) is 2.70. The van der Waals surface area contributed by atoms with E-state index in [1.54, 1.807) is 17.4 Å². The highest BCUT2D eigenvalue weighted by Crippen LogP contribution is 2.32. The van der Waals surface area contributed by atoms with Gasteiger partial charge >= 0.3 is 0 Å². The maximum atomic E-state index is 6.22. The van der Waals surface area contributed by atoms with Crippen LogP contribution in [-0.2, 0) is 0 Å². The first-order chi connectivity index (χ1) is 9.06. The monoisotopic (exact) mass is 309 g/mol. The van der Waals surface area contributed by atoms with E-state index in [0.29, 0.717) is 21.5 Å². The third-order valence-corrected chi connectivity index (χ3v) is 4.40. The summed E-state index contributed by atoms with van der Waals surface area (Å²) in [7, 11) is 0. The minimum Gasteiger partial charge on any atom is -0.246 e. The van der Waals surface area contributed by atoms with Crippen LogP contribution in [0.15, 0.2) is 18.2 Å². The van der Waals surface area contributed by atoms with Gasteiger partial charge in [0.2, 0.25) is 0 Å². The molecule has 0 aliphatic rings. The molecule has 3 rings (SSSR count). The van der Waals surface area contributed by atoms with Crippen LogP contribution in [0.3, 0.4) is 0 Å². The SMILES string of the molecule is Cc1nc(C)c(-c2nc(Cl)c3cccc(Cl)c3n2)s1. The van der Waals surface area contributed by atoms with E-state index in [4.69, 9.17) is 23.2 Å². The molecule has 3 aromatic rings. The van der Waals surface area contributed by atoms with Crippen molar-refractivity contribution in [2.45, 2.75) is 13.8 Å². The zero-order chi connectivity index (χ0) is 13.6. The fourth-order valence-electron chi connectivity index (χ4n) is 1.92. The second kappa shape index (κ2) is 4.71. The molecule has 0 saturated carbocycles. The lowest BCUT2D eigenvalue weighted by atomic mass is 10.2. The van der Waals surface area contributed by atoms with E-state index in [0.717, 1.165) is 21.0 Å². The molecule has 0 amide bonds. The number of rotatable bonds is 1. The van der Waals surface area contributed by atoms with E-state index in [1.807, 2.05) is 26.0 Å². The van der Waals surface area contributed by atoms with Crippen LogP contribution >= 0.6 is 34.5 Å². The molecule has 0 N–H and O–H groups in total. The van der Waals surface area contributed by atoms with Gasteiger partial charge in [0.15, 0.2) is 5.82 Å². The summed E-state index contributed by atoms with van der Waals surface area (Å²) in [4.78, 5) is 14.2. The van der Waals surface area contributed by atoms with Gasteiger partial charge < -0.3 is 0 Å². The Bertz CT molecular complexity index is 783. The Balaban J connectivity index is 2.32. The molecule has 1 aromatic carbocycles. The van der Waals surface area contributed by atoms with Gasteiger partial charge in [-0.2, -0.15) is 0 Å². The van der Waals surface area contributed by atoms with Crippen LogP contribution in [0.25, 0.3) is 21.6 Å². The van der Waals surface area contributed by atoms with E-state index in [-0.39, 0.29) is 0 Å². The lowest BCUT2D eigenvalue weighted by molar-refractivity contribution is 1.17. The summed E-state index contributed by atoms with van der Waals surface area (Å²) in [5.41, 5.74) is 1.58. The first-order valence-electron chi connectivity index (χ1n) is 5.62. The zero-order valence-electron chi connectivity index (χ0n) is 10.2. The van der Waals surface area contributed by atoms with Crippen molar-refractivity contribution < 1.29 is 0 Å². The van der Waals surface area contributed by atoms with E-state index in [1.165, 1.54) is 0 Å². The lowest BCUT2D eigenvalue weighted by Crippen LogP contribution is -1.92. The van der Waals surface area contributed by atoms with Crippen molar-refractivity contribution in [3.05, 3.63) is 39.1 Å². The Kier molecular flexibility index (Phi) is 3.17. The Hall–Kier alpha value is -1.23. The van der Waals surface area contributed by atoms with Crippen molar-refractivity contribution >= 4 is 45.4 Å². The number of hydrogen-bond acceptors (Lipinski definition) is 4. The number of halogens is 2. The fourth-order valence-corrected chi connectivity index (χ4v) is 3.22. The quantitative estimate of drug-likeness (QED) is 0.613. The molecule has 0 aliphatic heterocycles. The van der Waals surface area contributed by atoms with E-state index in [2.05, 4.69) is 15.0 Å². The third-order valence-electron chi connectivity index (χ3n) is 2.74. The first-order valence-corrected chi connectivity index (χ1v) is 7.19. The first kappa shape index (κ1) is 12.8. The highest BCUT2D eigenvalue weighted by Gasteiger charge is 2.14. The number of benzene rings is 1. The minimum absolute atomic E-state index is 0.410. The standard InChI is InChI=1S/C13H9Cl2N3S/c1-6-11(19-7(2)16-6)13-17-10-8(12(15)18-13)4-3-5-9(10)14/h3-5H,1-2H3. The van der Waals surface area contributed by atoms with Crippen molar-refractivity contribution in [3.63, 3.8) is 0 Å². The second-order valence-corrected chi connectivity index (χ2v) is 6.09. The number of nitrogens with zero attached hydrogens (tertiary/aromatic N) is 3. The molecule has 3 nitrogen and oxygen atoms in total. The van der Waals surface area contributed by atoms with Crippen LogP contribution < -0.4 is 0 Å². The van der Waals surface area contributed by atoms with Crippen LogP contribution in [0.2, 0.25) is 10.2 Å². The molecule has 0 spiro atoms. The molecule has 96 valence electrons. The fraction of sp³-hybridized carbons (Fsp3) is 0.154. The molecular weight excluding hydrogens is 301 g/mol. The Morgan fingerprint density at radius 2 is 1.84 bits per heavy atom. The third kappa shape index (κ3) is 2.20. The number of para-hydroxylation sites is 1. The van der Waals surface area contributed by atoms with Crippen LogP contribution in [0.1, 0.15) is 10.7 Å². The molecule has 0 fully saturated rings. The smallest absolute Gasteiger partial charge is 0.173 e. The molecule has 0 bridgehead atoms. The highest BCUT2D eigenvalue weighted by atomic mass is 35.5. The summed E-state index contributed by atoms with van der Waals surface area (Å²) in [6.07, 6.45) is 0. The van der Waals surface area contributed by atoms with Crippen LogP contribution in [-0.4, -0.2) is 15.0 Å². The molecule has 2 heterocycles. The second-order valence-electron chi connectivity index (χ2n) is 4.12. The molecule has 0 unspecified atom stereocenters. The van der Waals surface area contributed by atoms with Gasteiger partial charge in [0.1, 0.15) is 5.15 Å². The predicted molar refractivity (Wildman–Crippen MR) is 80.1 cm³/mol. The molecule has 0 aliphatic carbocycles. The molecule has 19 heavy (non-hydrogen) atoms. The van der Waals surface area contributed by atoms with Gasteiger partial charge in [-0.25, -0.2) is 15.0 Å². The Morgan fingerprint density at radius 1 is 1.05 bits per heavy atom. The summed E-state index contributed by atoms with van der Waals surface area (Å²) in [5.74, 6) is 0.578. The normalized spacial score (nSPS) is 11.2. The van der Waals surface area contributed by atoms with Crippen LogP contribution in [0.5, 0.6) is 0 Å². The number of hydrogen-bond donors (Lipinski definition) is 0. The van der Waals surface area contributed by atoms with Gasteiger partial charge in [-0.1, -0.05) is 29.3 Å². The van der Waals surface area contributed by atoms with Crippen molar-refractivity contribution in [2.24, 2.45) is 0 Å². The molecule has 0 radical (unpaired) electrons. The van der Waals surface area contributed by atoms with Crippen LogP contribution in [0.4, 0.5) is 0 Å². The number of aryl methyl sites for hydroxylation is 2. The van der Waals surface area contributed by atoms with Crippen molar-refractivity contribution in [3.8, 4) is 10.7 Å². The van der Waals surface area contributed by atoms with E-state index in [9.17, 15) is 0 Å². The molecule has 2 aromatic heterocycles. The van der Waals surface area contributed by atoms with Gasteiger partial charge in [0.25, 0.3) is 0 Å². The summed E-state index contributed by atoms with van der Waals surface area (Å²) in [5, 5.41) is 2.72. The molecule has 0 saturated heterocycles. The van der Waals surface area contributed by atoms with Gasteiger partial charge in [-0.3, -0.25) is 0 Å². The summed E-state index contributed by atoms with van der Waals surface area (Å²) >= 11 is 13.9. The Labute approximate surface area is 124 Å². The Morgan fingerprint density at radius 3 is 2.53 bits per heavy atom. The van der Waals surface area contributed by atoms with Gasteiger partial charge in [-0.05, 0) is 26.0 Å². The van der Waals surface area contributed by atoms with Crippen LogP contribution in [0, 0.1) is 13.8 Å². The molecule has 0 atom stereocenters. The minimum atomic E-state index is 0.410. The van der Waals surface area contributed by atoms with Crippen molar-refractivity contribution in [1.82, 2.24) is 15.0 Å². The van der Waals surface area contributed by atoms with Gasteiger partial charge in [0, 0.05) is 5.39 Å². The largest absolute Gasteiger partial charge is 0.246 e. The number of fused-ring (bicyclic) bond motifs is 1. The maximum Gasteiger partial charge on any atom is 0.173 e. The number of thiazole rings is 1. The topological polar surface area (TPSA) is 38.7 Å². The molecular formula is C13H9Cl2N3S. The van der Waals surface area contributed by atoms with Gasteiger partial charge in [-0.15, -0.1) is 11.3 Å². The summed E-state index contributed by atoms with van der Waals surface area (Å²) < 4.78 is 0. The van der Waals surface area contributed by atoms with E-state index >= 15 is 0 Å². The highest BCUT2D eigenvalue weighted by molar-refractivity contribution is 7.15. The summed E-state index contributed by atoms with van der Waals surface area (Å²) in [6, 6.07) is 5.49. The van der Waals surface area contributed by atoms with Crippen molar-refractivity contribution in [1.29, 1.82) is 0 Å². The van der Waals surface area contributed by atoms with Crippen molar-refractivity contribution in [2.75, 3.05) is 0 Å². The predicted octanol–water partition coefficient (Wildman–Crippen LogP) is 4.68. The maximum absolute atomic E-state index is 6.22.